The van der Waals surface area contributed by atoms with E-state index in [2.05, 4.69) is 0 Å². The summed E-state index contributed by atoms with van der Waals surface area (Å²) in [6.07, 6.45) is 0.0854. The highest BCUT2D eigenvalue weighted by molar-refractivity contribution is 5.90. The number of hydrogen-bond acceptors (Lipinski definition) is 4. The summed E-state index contributed by atoms with van der Waals surface area (Å²) in [5.41, 5.74) is 2.29. The number of ether oxygens (including phenoxy) is 1. The van der Waals surface area contributed by atoms with Crippen molar-refractivity contribution >= 4 is 16.9 Å². The van der Waals surface area contributed by atoms with Crippen LogP contribution in [0.25, 0.3) is 10.9 Å². The Balaban J connectivity index is 2.69. The van der Waals surface area contributed by atoms with Crippen molar-refractivity contribution in [3.63, 3.8) is 0 Å². The first kappa shape index (κ1) is 15.3. The lowest BCUT2D eigenvalue weighted by atomic mass is 10.1. The molecule has 114 valence electrons. The van der Waals surface area contributed by atoms with E-state index in [-0.39, 0.29) is 12.4 Å². The second kappa shape index (κ2) is 5.73. The molecule has 2 rings (SSSR count). The molecular formula is C15H19FN2O3. The van der Waals surface area contributed by atoms with Gasteiger partial charge < -0.3 is 19.3 Å². The number of carbonyl (C=O) groups is 1. The fourth-order valence-electron chi connectivity index (χ4n) is 2.49. The van der Waals surface area contributed by atoms with Gasteiger partial charge in [-0.3, -0.25) is 4.79 Å². The lowest BCUT2D eigenvalue weighted by Crippen LogP contribution is -2.16. The van der Waals surface area contributed by atoms with Crippen LogP contribution in [0.3, 0.4) is 0 Å². The van der Waals surface area contributed by atoms with Gasteiger partial charge in [-0.25, -0.2) is 4.39 Å². The highest BCUT2D eigenvalue weighted by atomic mass is 19.1. The van der Waals surface area contributed by atoms with Crippen LogP contribution in [-0.4, -0.2) is 41.7 Å². The lowest BCUT2D eigenvalue weighted by molar-refractivity contribution is -0.139. The van der Waals surface area contributed by atoms with E-state index >= 15 is 0 Å². The van der Waals surface area contributed by atoms with Gasteiger partial charge in [-0.1, -0.05) is 0 Å². The summed E-state index contributed by atoms with van der Waals surface area (Å²) in [6.45, 7) is 0.597. The first-order chi connectivity index (χ1) is 9.85. The third kappa shape index (κ3) is 2.85. The molecule has 21 heavy (non-hydrogen) atoms. The Kier molecular flexibility index (Phi) is 4.18. The molecule has 0 bridgehead atoms. The summed E-state index contributed by atoms with van der Waals surface area (Å²) < 4.78 is 20.2. The Morgan fingerprint density at radius 1 is 1.43 bits per heavy atom. The summed E-state index contributed by atoms with van der Waals surface area (Å²) in [6, 6.07) is 2.65. The van der Waals surface area contributed by atoms with E-state index < -0.39 is 11.6 Å². The number of phenolic OH excluding ortho intramolecular Hbond substituents is 1. The number of methoxy groups -OCH3 is 1. The van der Waals surface area contributed by atoms with Crippen molar-refractivity contribution in [2.75, 3.05) is 21.2 Å². The number of phenols is 1. The number of fused-ring (bicyclic) bond motifs is 1. The molecule has 0 saturated carbocycles. The van der Waals surface area contributed by atoms with Gasteiger partial charge in [0.2, 0.25) is 0 Å². The molecule has 0 radical (unpaired) electrons. The standard InChI is InChI=1S/C15H19FN2O3/c1-17(2)8-13-10(6-15(20)21-4)9-5-14(19)11(16)7-12(9)18(13)3/h5,7,19H,6,8H2,1-4H3. The quantitative estimate of drug-likeness (QED) is 0.874. The van der Waals surface area contributed by atoms with Crippen LogP contribution in [0, 0.1) is 5.82 Å². The summed E-state index contributed by atoms with van der Waals surface area (Å²) in [4.78, 5) is 13.6. The first-order valence-corrected chi connectivity index (χ1v) is 6.55. The molecule has 0 aliphatic rings. The largest absolute Gasteiger partial charge is 0.505 e. The minimum absolute atomic E-state index is 0.0854. The molecule has 1 aromatic heterocycles. The average molecular weight is 294 g/mol. The normalized spacial score (nSPS) is 11.3. The third-order valence-electron chi connectivity index (χ3n) is 3.52. The van der Waals surface area contributed by atoms with Gasteiger partial charge in [-0.15, -0.1) is 0 Å². The Labute approximate surface area is 122 Å². The predicted molar refractivity (Wildman–Crippen MR) is 77.7 cm³/mol. The number of aromatic hydroxyl groups is 1. The third-order valence-corrected chi connectivity index (χ3v) is 3.52. The highest BCUT2D eigenvalue weighted by Crippen LogP contribution is 2.31. The zero-order valence-electron chi connectivity index (χ0n) is 12.6. The SMILES string of the molecule is COC(=O)Cc1c(CN(C)C)n(C)c2cc(F)c(O)cc12. The second-order valence-corrected chi connectivity index (χ2v) is 5.30. The molecule has 0 spiro atoms. The van der Waals surface area contributed by atoms with Crippen molar-refractivity contribution in [1.29, 1.82) is 0 Å². The number of hydrogen-bond donors (Lipinski definition) is 1. The minimum Gasteiger partial charge on any atom is -0.505 e. The molecule has 0 aliphatic carbocycles. The number of aromatic nitrogens is 1. The van der Waals surface area contributed by atoms with Crippen LogP contribution < -0.4 is 0 Å². The molecule has 1 N–H and O–H groups in total. The van der Waals surface area contributed by atoms with Crippen molar-refractivity contribution in [1.82, 2.24) is 9.47 Å². The van der Waals surface area contributed by atoms with E-state index in [1.54, 1.807) is 0 Å². The molecule has 0 aliphatic heterocycles. The molecule has 1 aromatic carbocycles. The van der Waals surface area contributed by atoms with E-state index in [0.29, 0.717) is 17.4 Å². The minimum atomic E-state index is -0.677. The predicted octanol–water partition coefficient (Wildman–Crippen LogP) is 1.80. The number of halogens is 1. The van der Waals surface area contributed by atoms with E-state index in [1.807, 2.05) is 30.6 Å². The smallest absolute Gasteiger partial charge is 0.310 e. The zero-order valence-corrected chi connectivity index (χ0v) is 12.6. The van der Waals surface area contributed by atoms with Gasteiger partial charge in [0.25, 0.3) is 0 Å². The van der Waals surface area contributed by atoms with Crippen molar-refractivity contribution < 1.29 is 19.0 Å². The van der Waals surface area contributed by atoms with Gasteiger partial charge in [0, 0.05) is 30.7 Å². The van der Waals surface area contributed by atoms with Crippen molar-refractivity contribution in [2.24, 2.45) is 7.05 Å². The van der Waals surface area contributed by atoms with Crippen LogP contribution in [0.5, 0.6) is 5.75 Å². The van der Waals surface area contributed by atoms with E-state index in [9.17, 15) is 14.3 Å². The highest BCUT2D eigenvalue weighted by Gasteiger charge is 2.20. The van der Waals surface area contributed by atoms with Crippen molar-refractivity contribution in [3.8, 4) is 5.75 Å². The number of esters is 1. The summed E-state index contributed by atoms with van der Waals surface area (Å²) >= 11 is 0. The van der Waals surface area contributed by atoms with Crippen LogP contribution in [0.4, 0.5) is 4.39 Å². The Bertz CT molecular complexity index is 692. The van der Waals surface area contributed by atoms with Gasteiger partial charge in [-0.05, 0) is 25.7 Å². The molecule has 0 fully saturated rings. The van der Waals surface area contributed by atoms with E-state index in [0.717, 1.165) is 11.3 Å². The maximum atomic E-state index is 13.6. The molecular weight excluding hydrogens is 275 g/mol. The van der Waals surface area contributed by atoms with Gasteiger partial charge >= 0.3 is 5.97 Å². The molecule has 0 amide bonds. The number of nitrogens with zero attached hydrogens (tertiary/aromatic N) is 2. The van der Waals surface area contributed by atoms with Crippen LogP contribution in [0.2, 0.25) is 0 Å². The summed E-state index contributed by atoms with van der Waals surface area (Å²) in [5.74, 6) is -1.47. The average Bonchev–Trinajstić information content (AvgIpc) is 2.64. The number of rotatable bonds is 4. The maximum absolute atomic E-state index is 13.6. The lowest BCUT2D eigenvalue weighted by Gasteiger charge is -2.13. The molecule has 6 heteroatoms. The van der Waals surface area contributed by atoms with E-state index in [1.165, 1.54) is 19.2 Å². The summed E-state index contributed by atoms with van der Waals surface area (Å²) in [5, 5.41) is 10.3. The molecule has 5 nitrogen and oxygen atoms in total. The van der Waals surface area contributed by atoms with Gasteiger partial charge in [0.15, 0.2) is 11.6 Å². The fourth-order valence-corrected chi connectivity index (χ4v) is 2.49. The molecule has 1 heterocycles. The monoisotopic (exact) mass is 294 g/mol. The fraction of sp³-hybridized carbons (Fsp3) is 0.400. The number of aryl methyl sites for hydroxylation is 1. The first-order valence-electron chi connectivity index (χ1n) is 6.55. The van der Waals surface area contributed by atoms with Gasteiger partial charge in [0.05, 0.1) is 19.0 Å². The number of carbonyl (C=O) groups excluding carboxylic acids is 1. The van der Waals surface area contributed by atoms with Crippen molar-refractivity contribution in [2.45, 2.75) is 13.0 Å². The Morgan fingerprint density at radius 3 is 2.67 bits per heavy atom. The molecule has 2 aromatic rings. The van der Waals surface area contributed by atoms with Crippen LogP contribution in [-0.2, 0) is 29.5 Å². The van der Waals surface area contributed by atoms with Crippen molar-refractivity contribution in [3.05, 3.63) is 29.2 Å². The molecule has 0 atom stereocenters. The zero-order chi connectivity index (χ0) is 15.7. The van der Waals surface area contributed by atoms with Crippen LogP contribution in [0.1, 0.15) is 11.3 Å². The molecule has 0 saturated heterocycles. The number of benzene rings is 1. The molecule has 0 unspecified atom stereocenters. The Morgan fingerprint density at radius 2 is 2.10 bits per heavy atom. The van der Waals surface area contributed by atoms with Gasteiger partial charge in [-0.2, -0.15) is 0 Å². The maximum Gasteiger partial charge on any atom is 0.310 e. The van der Waals surface area contributed by atoms with Gasteiger partial charge in [0.1, 0.15) is 0 Å². The topological polar surface area (TPSA) is 54.7 Å². The van der Waals surface area contributed by atoms with Crippen LogP contribution >= 0.6 is 0 Å². The summed E-state index contributed by atoms with van der Waals surface area (Å²) in [7, 11) is 6.98. The Hall–Kier alpha value is -2.08. The van der Waals surface area contributed by atoms with E-state index in [4.69, 9.17) is 4.74 Å². The van der Waals surface area contributed by atoms with Crippen LogP contribution in [0.15, 0.2) is 12.1 Å². The second-order valence-electron chi connectivity index (χ2n) is 5.30.